The fourth-order valence-electron chi connectivity index (χ4n) is 2.71. The second kappa shape index (κ2) is 10.5. The second-order valence-corrected chi connectivity index (χ2v) is 6.51. The summed E-state index contributed by atoms with van der Waals surface area (Å²) in [5.41, 5.74) is -2.23. The molecule has 0 saturated carbocycles. The molecule has 1 unspecified atom stereocenters. The molecule has 3 atom stereocenters. The molecule has 1 saturated heterocycles. The van der Waals surface area contributed by atoms with Crippen LogP contribution in [-0.2, 0) is 33.4 Å². The molecule has 0 spiro atoms. The maximum Gasteiger partial charge on any atom is 0.330 e. The molecule has 0 aromatic carbocycles. The Balaban J connectivity index is 2.11. The van der Waals surface area contributed by atoms with Crippen LogP contribution in [0, 0.1) is 5.82 Å². The van der Waals surface area contributed by atoms with Gasteiger partial charge in [0.2, 0.25) is 5.82 Å². The summed E-state index contributed by atoms with van der Waals surface area (Å²) in [4.78, 5) is 69.5. The van der Waals surface area contributed by atoms with E-state index in [4.69, 9.17) is 24.4 Å². The number of hydrogen-bond donors (Lipinski definition) is 3. The molecular formula is C17H19FN2O11. The van der Waals surface area contributed by atoms with Crippen molar-refractivity contribution in [2.45, 2.75) is 50.5 Å². The van der Waals surface area contributed by atoms with Crippen LogP contribution >= 0.6 is 0 Å². The third-order valence-electron chi connectivity index (χ3n) is 4.19. The molecule has 1 aliphatic rings. The largest absolute Gasteiger partial charge is 0.481 e. The molecule has 31 heavy (non-hydrogen) atoms. The van der Waals surface area contributed by atoms with Gasteiger partial charge in [0.1, 0.15) is 25.0 Å². The van der Waals surface area contributed by atoms with Crippen molar-refractivity contribution in [2.24, 2.45) is 0 Å². The molecule has 0 bridgehead atoms. The number of carbonyl (C=O) groups excluding carboxylic acids is 2. The van der Waals surface area contributed by atoms with Crippen molar-refractivity contribution < 1.29 is 48.0 Å². The molecule has 14 heteroatoms. The van der Waals surface area contributed by atoms with Gasteiger partial charge in [0.15, 0.2) is 0 Å². The van der Waals surface area contributed by atoms with E-state index in [2.05, 4.69) is 0 Å². The highest BCUT2D eigenvalue weighted by atomic mass is 19.1. The number of halogens is 1. The van der Waals surface area contributed by atoms with Crippen molar-refractivity contribution in [2.75, 3.05) is 6.61 Å². The summed E-state index contributed by atoms with van der Waals surface area (Å²) in [6.45, 7) is -0.480. The van der Waals surface area contributed by atoms with Gasteiger partial charge in [0.25, 0.3) is 5.56 Å². The number of H-pyrrole nitrogens is 1. The predicted molar refractivity (Wildman–Crippen MR) is 94.4 cm³/mol. The number of aromatic amines is 1. The molecule has 1 aromatic heterocycles. The van der Waals surface area contributed by atoms with Gasteiger partial charge in [-0.2, -0.15) is 4.39 Å². The number of esters is 2. The van der Waals surface area contributed by atoms with E-state index in [1.807, 2.05) is 0 Å². The Kier molecular flexibility index (Phi) is 8.01. The summed E-state index contributed by atoms with van der Waals surface area (Å²) in [6.07, 6.45) is -4.82. The van der Waals surface area contributed by atoms with Gasteiger partial charge >= 0.3 is 29.6 Å². The minimum atomic E-state index is -1.26. The van der Waals surface area contributed by atoms with Gasteiger partial charge in [-0.15, -0.1) is 0 Å². The van der Waals surface area contributed by atoms with Crippen molar-refractivity contribution in [3.8, 4) is 0 Å². The molecule has 0 radical (unpaired) electrons. The maximum atomic E-state index is 13.6. The lowest BCUT2D eigenvalue weighted by Crippen LogP contribution is -2.34. The molecule has 1 aliphatic heterocycles. The summed E-state index contributed by atoms with van der Waals surface area (Å²) in [7, 11) is 0. The fraction of sp³-hybridized carbons (Fsp3) is 0.529. The number of nitrogens with zero attached hydrogens (tertiary/aromatic N) is 1. The Morgan fingerprint density at radius 3 is 2.32 bits per heavy atom. The number of hydrogen-bond acceptors (Lipinski definition) is 9. The number of carboxylic acids is 2. The SMILES string of the molecule is O=C(O)CCC(=O)OC[C@@H]1O[C@H](n2cc(F)c(=O)[nH]c2=O)CC1OC(=O)CCC(=O)O. The molecule has 170 valence electrons. The fourth-order valence-corrected chi connectivity index (χ4v) is 2.71. The molecular weight excluding hydrogens is 427 g/mol. The van der Waals surface area contributed by atoms with E-state index in [0.29, 0.717) is 6.20 Å². The van der Waals surface area contributed by atoms with E-state index >= 15 is 0 Å². The molecule has 0 aliphatic carbocycles. The van der Waals surface area contributed by atoms with Crippen LogP contribution in [0.15, 0.2) is 15.8 Å². The van der Waals surface area contributed by atoms with Crippen molar-refractivity contribution in [3.63, 3.8) is 0 Å². The first-order valence-corrected chi connectivity index (χ1v) is 9.02. The van der Waals surface area contributed by atoms with Gasteiger partial charge < -0.3 is 24.4 Å². The number of aromatic nitrogens is 2. The molecule has 1 aromatic rings. The molecule has 3 N–H and O–H groups in total. The lowest BCUT2D eigenvalue weighted by Gasteiger charge is -2.18. The van der Waals surface area contributed by atoms with E-state index in [0.717, 1.165) is 4.57 Å². The Labute approximate surface area is 172 Å². The smallest absolute Gasteiger partial charge is 0.330 e. The Morgan fingerprint density at radius 2 is 1.71 bits per heavy atom. The van der Waals surface area contributed by atoms with Crippen molar-refractivity contribution in [1.29, 1.82) is 0 Å². The summed E-state index contributed by atoms with van der Waals surface area (Å²) in [5, 5.41) is 17.2. The van der Waals surface area contributed by atoms with Crippen LogP contribution in [0.3, 0.4) is 0 Å². The Bertz CT molecular complexity index is 970. The van der Waals surface area contributed by atoms with Crippen LogP contribution < -0.4 is 11.2 Å². The Morgan fingerprint density at radius 1 is 1.10 bits per heavy atom. The third kappa shape index (κ3) is 7.02. The van der Waals surface area contributed by atoms with E-state index in [1.165, 1.54) is 0 Å². The van der Waals surface area contributed by atoms with Gasteiger partial charge in [0, 0.05) is 6.42 Å². The highest BCUT2D eigenvalue weighted by Gasteiger charge is 2.40. The summed E-state index contributed by atoms with van der Waals surface area (Å²) in [6, 6.07) is 0. The minimum absolute atomic E-state index is 0.193. The first kappa shape index (κ1) is 23.7. The Hall–Kier alpha value is -3.55. The molecule has 2 heterocycles. The van der Waals surface area contributed by atoms with E-state index < -0.39 is 91.7 Å². The average Bonchev–Trinajstić information content (AvgIpc) is 3.08. The van der Waals surface area contributed by atoms with Crippen LogP contribution in [0.2, 0.25) is 0 Å². The highest BCUT2D eigenvalue weighted by Crippen LogP contribution is 2.30. The molecule has 1 fully saturated rings. The lowest BCUT2D eigenvalue weighted by atomic mass is 10.2. The van der Waals surface area contributed by atoms with E-state index in [-0.39, 0.29) is 6.42 Å². The molecule has 2 rings (SSSR count). The topological polar surface area (TPSA) is 191 Å². The van der Waals surface area contributed by atoms with Crippen LogP contribution in [0.25, 0.3) is 0 Å². The predicted octanol–water partition coefficient (Wildman–Crippen LogP) is -0.852. The van der Waals surface area contributed by atoms with Crippen LogP contribution in [0.4, 0.5) is 4.39 Å². The van der Waals surface area contributed by atoms with Gasteiger partial charge in [-0.3, -0.25) is 33.5 Å². The van der Waals surface area contributed by atoms with Crippen molar-refractivity contribution in [3.05, 3.63) is 32.9 Å². The van der Waals surface area contributed by atoms with Crippen molar-refractivity contribution >= 4 is 23.9 Å². The number of nitrogens with one attached hydrogen (secondary N) is 1. The van der Waals surface area contributed by atoms with E-state index in [9.17, 15) is 33.2 Å². The zero-order valence-electron chi connectivity index (χ0n) is 15.9. The maximum absolute atomic E-state index is 13.6. The molecule has 0 amide bonds. The summed E-state index contributed by atoms with van der Waals surface area (Å²) in [5.74, 6) is -5.45. The number of aliphatic carboxylic acids is 2. The van der Waals surface area contributed by atoms with Crippen LogP contribution in [0.5, 0.6) is 0 Å². The second-order valence-electron chi connectivity index (χ2n) is 6.51. The van der Waals surface area contributed by atoms with Crippen LogP contribution in [0.1, 0.15) is 38.3 Å². The van der Waals surface area contributed by atoms with Crippen LogP contribution in [-0.4, -0.2) is 62.5 Å². The summed E-state index contributed by atoms with van der Waals surface area (Å²) >= 11 is 0. The zero-order chi connectivity index (χ0) is 23.1. The monoisotopic (exact) mass is 446 g/mol. The summed E-state index contributed by atoms with van der Waals surface area (Å²) < 4.78 is 29.9. The first-order chi connectivity index (χ1) is 14.6. The number of ether oxygens (including phenoxy) is 3. The first-order valence-electron chi connectivity index (χ1n) is 9.02. The number of carbonyl (C=O) groups is 4. The van der Waals surface area contributed by atoms with Gasteiger partial charge in [0.05, 0.1) is 31.9 Å². The number of rotatable bonds is 10. The minimum Gasteiger partial charge on any atom is -0.481 e. The number of carboxylic acid groups (broad SMARTS) is 2. The van der Waals surface area contributed by atoms with Crippen molar-refractivity contribution in [1.82, 2.24) is 9.55 Å². The van der Waals surface area contributed by atoms with Gasteiger partial charge in [-0.25, -0.2) is 4.79 Å². The van der Waals surface area contributed by atoms with E-state index in [1.54, 1.807) is 4.98 Å². The molecule has 13 nitrogen and oxygen atoms in total. The highest BCUT2D eigenvalue weighted by molar-refractivity contribution is 5.77. The van der Waals surface area contributed by atoms with Gasteiger partial charge in [-0.05, 0) is 0 Å². The zero-order valence-corrected chi connectivity index (χ0v) is 15.9. The third-order valence-corrected chi connectivity index (χ3v) is 4.19. The van der Waals surface area contributed by atoms with Gasteiger partial charge in [-0.1, -0.05) is 0 Å². The lowest BCUT2D eigenvalue weighted by molar-refractivity contribution is -0.160. The quantitative estimate of drug-likeness (QED) is 0.379. The average molecular weight is 446 g/mol. The standard InChI is InChI=1S/C17H19FN2O11/c18-8-6-20(17(28)19-16(8)27)11-5-9(31-15(26)4-2-13(23)24)10(30-11)7-29-14(25)3-1-12(21)22/h6,9-11H,1-5,7H2,(H,21,22)(H,23,24)(H,19,27,28)/t9?,10-,11-/m0/s1. The normalized spacial score (nSPS) is 20.2.